The molecular formula is C64H46N2S2. The van der Waals surface area contributed by atoms with E-state index in [1.54, 1.807) is 0 Å². The van der Waals surface area contributed by atoms with Gasteiger partial charge in [-0.3, -0.25) is 4.98 Å². The predicted octanol–water partition coefficient (Wildman–Crippen LogP) is 18.9. The Morgan fingerprint density at radius 3 is 1.28 bits per heavy atom. The van der Waals surface area contributed by atoms with Crippen molar-refractivity contribution in [3.05, 3.63) is 203 Å². The Labute approximate surface area is 403 Å². The molecule has 13 rings (SSSR count). The number of aromatic nitrogens is 2. The van der Waals surface area contributed by atoms with Gasteiger partial charge in [-0.1, -0.05) is 132 Å². The smallest absolute Gasteiger partial charge is 0.0979 e. The van der Waals surface area contributed by atoms with Crippen molar-refractivity contribution in [3.8, 4) is 55.8 Å². The Balaban J connectivity index is 1.10. The standard InChI is InChI=1S/C64H46N2S2/c1-35-25-37(3)59(38(4)26-35)41-21-23-48-49-24-22-42(60-39(5)27-36(2)28-40(60)6)33-55(49)62-61(54(48)32-41)65-34-56(66-62)45-30-43(46-15-11-17-52-50-13-7-9-19-57(50)67-63(46)52)29-44(31-45)47-16-12-18-53-51-14-8-10-20-58(51)68-64(47)53/h7-34H,1-6H3. The molecular weight excluding hydrogens is 861 g/mol. The molecule has 0 atom stereocenters. The Kier molecular flexibility index (Phi) is 9.31. The first-order valence-electron chi connectivity index (χ1n) is 23.4. The zero-order valence-electron chi connectivity index (χ0n) is 38.9. The first kappa shape index (κ1) is 40.7. The summed E-state index contributed by atoms with van der Waals surface area (Å²) in [6.07, 6.45) is 2.02. The number of benzene rings is 10. The lowest BCUT2D eigenvalue weighted by Gasteiger charge is -2.17. The maximum atomic E-state index is 5.77. The third kappa shape index (κ3) is 6.43. The van der Waals surface area contributed by atoms with Crippen LogP contribution in [-0.4, -0.2) is 9.97 Å². The number of aryl methyl sites for hydroxylation is 6. The van der Waals surface area contributed by atoms with E-state index in [4.69, 9.17) is 9.97 Å². The van der Waals surface area contributed by atoms with Crippen LogP contribution in [0.5, 0.6) is 0 Å². The number of fused-ring (bicyclic) bond motifs is 12. The lowest BCUT2D eigenvalue weighted by molar-refractivity contribution is 1.31. The Hall–Kier alpha value is -7.50. The van der Waals surface area contributed by atoms with Crippen molar-refractivity contribution in [2.24, 2.45) is 0 Å². The molecule has 3 aromatic heterocycles. The molecule has 0 N–H and O–H groups in total. The SMILES string of the molecule is Cc1cc(C)c(-c2ccc3c4ccc(-c5c(C)cc(C)cc5C)cc4c4nc(-c5cc(-c6cccc7c6sc6ccccc67)cc(-c6cccc7c6sc6ccccc67)c5)cnc4c3c2)c(C)c1. The molecule has 0 unspecified atom stereocenters. The summed E-state index contributed by atoms with van der Waals surface area (Å²) in [6, 6.07) is 61.3. The summed E-state index contributed by atoms with van der Waals surface area (Å²) in [5, 5.41) is 9.75. The van der Waals surface area contributed by atoms with E-state index in [1.165, 1.54) is 129 Å². The number of hydrogen-bond acceptors (Lipinski definition) is 4. The fourth-order valence-corrected chi connectivity index (χ4v) is 14.0. The summed E-state index contributed by atoms with van der Waals surface area (Å²) in [7, 11) is 0. The van der Waals surface area contributed by atoms with Crippen LogP contribution in [0.15, 0.2) is 170 Å². The topological polar surface area (TPSA) is 25.8 Å². The molecule has 0 fully saturated rings. The highest BCUT2D eigenvalue weighted by molar-refractivity contribution is 7.26. The van der Waals surface area contributed by atoms with E-state index in [2.05, 4.69) is 205 Å². The maximum Gasteiger partial charge on any atom is 0.0979 e. The van der Waals surface area contributed by atoms with Crippen LogP contribution in [0.4, 0.5) is 0 Å². The van der Waals surface area contributed by atoms with E-state index in [0.717, 1.165) is 33.1 Å². The van der Waals surface area contributed by atoms with Crippen molar-refractivity contribution < 1.29 is 0 Å². The lowest BCUT2D eigenvalue weighted by atomic mass is 9.89. The molecule has 324 valence electrons. The highest BCUT2D eigenvalue weighted by Crippen LogP contribution is 2.46. The second kappa shape index (κ2) is 15.5. The average molecular weight is 907 g/mol. The zero-order valence-corrected chi connectivity index (χ0v) is 40.5. The second-order valence-electron chi connectivity index (χ2n) is 18.9. The molecule has 0 aliphatic carbocycles. The second-order valence-corrected chi connectivity index (χ2v) is 21.0. The van der Waals surface area contributed by atoms with Crippen LogP contribution in [0, 0.1) is 41.5 Å². The molecule has 0 saturated carbocycles. The summed E-state index contributed by atoms with van der Waals surface area (Å²) in [5.74, 6) is 0. The first-order valence-corrected chi connectivity index (χ1v) is 25.1. The van der Waals surface area contributed by atoms with Gasteiger partial charge in [-0.15, -0.1) is 22.7 Å². The largest absolute Gasteiger partial charge is 0.252 e. The Morgan fingerprint density at radius 1 is 0.338 bits per heavy atom. The molecule has 0 aliphatic heterocycles. The third-order valence-corrected chi connectivity index (χ3v) is 16.6. The van der Waals surface area contributed by atoms with E-state index in [0.29, 0.717) is 0 Å². The van der Waals surface area contributed by atoms with Crippen LogP contribution in [0.3, 0.4) is 0 Å². The number of nitrogens with zero attached hydrogens (tertiary/aromatic N) is 2. The van der Waals surface area contributed by atoms with E-state index in [9.17, 15) is 0 Å². The number of rotatable bonds is 5. The number of thiophene rings is 2. The molecule has 68 heavy (non-hydrogen) atoms. The molecule has 3 heterocycles. The molecule has 0 radical (unpaired) electrons. The minimum atomic E-state index is 0.850. The molecule has 2 nitrogen and oxygen atoms in total. The van der Waals surface area contributed by atoms with Crippen LogP contribution in [0.25, 0.3) is 129 Å². The highest BCUT2D eigenvalue weighted by atomic mass is 32.1. The van der Waals surface area contributed by atoms with Crippen molar-refractivity contribution >= 4 is 95.6 Å². The molecule has 13 aromatic rings. The quantitative estimate of drug-likeness (QED) is 0.161. The van der Waals surface area contributed by atoms with Gasteiger partial charge in [-0.25, -0.2) is 4.98 Å². The normalized spacial score (nSPS) is 12.0. The van der Waals surface area contributed by atoms with Gasteiger partial charge in [0.15, 0.2) is 0 Å². The lowest BCUT2D eigenvalue weighted by Crippen LogP contribution is -1.96. The third-order valence-electron chi connectivity index (χ3n) is 14.2. The van der Waals surface area contributed by atoms with Crippen LogP contribution >= 0.6 is 22.7 Å². The van der Waals surface area contributed by atoms with Crippen LogP contribution in [0.1, 0.15) is 33.4 Å². The predicted molar refractivity (Wildman–Crippen MR) is 296 cm³/mol. The van der Waals surface area contributed by atoms with E-state index < -0.39 is 0 Å². The van der Waals surface area contributed by atoms with Crippen LogP contribution in [-0.2, 0) is 0 Å². The van der Waals surface area contributed by atoms with Crippen molar-refractivity contribution in [2.45, 2.75) is 41.5 Å². The molecule has 4 heteroatoms. The summed E-state index contributed by atoms with van der Waals surface area (Å²) in [5.41, 5.74) is 21.1. The van der Waals surface area contributed by atoms with Gasteiger partial charge in [0.2, 0.25) is 0 Å². The van der Waals surface area contributed by atoms with Crippen molar-refractivity contribution in [3.63, 3.8) is 0 Å². The summed E-state index contributed by atoms with van der Waals surface area (Å²) >= 11 is 3.75. The first-order chi connectivity index (χ1) is 33.1. The summed E-state index contributed by atoms with van der Waals surface area (Å²) in [4.78, 5) is 11.3. The van der Waals surface area contributed by atoms with E-state index in [1.807, 2.05) is 28.9 Å². The van der Waals surface area contributed by atoms with Crippen molar-refractivity contribution in [1.82, 2.24) is 9.97 Å². The molecule has 10 aromatic carbocycles. The fraction of sp³-hybridized carbons (Fsp3) is 0.0938. The highest BCUT2D eigenvalue weighted by Gasteiger charge is 2.20. The van der Waals surface area contributed by atoms with Gasteiger partial charge in [-0.2, -0.15) is 0 Å². The number of hydrogen-bond donors (Lipinski definition) is 0. The minimum Gasteiger partial charge on any atom is -0.252 e. The molecule has 0 amide bonds. The Morgan fingerprint density at radius 2 is 0.779 bits per heavy atom. The average Bonchev–Trinajstić information content (AvgIpc) is 3.92. The van der Waals surface area contributed by atoms with Gasteiger partial charge in [0.05, 0.1) is 22.9 Å². The van der Waals surface area contributed by atoms with Gasteiger partial charge in [0, 0.05) is 56.7 Å². The van der Waals surface area contributed by atoms with E-state index in [-0.39, 0.29) is 0 Å². The van der Waals surface area contributed by atoms with Crippen molar-refractivity contribution in [2.75, 3.05) is 0 Å². The monoisotopic (exact) mass is 906 g/mol. The van der Waals surface area contributed by atoms with Gasteiger partial charge in [0.1, 0.15) is 0 Å². The van der Waals surface area contributed by atoms with Gasteiger partial charge < -0.3 is 0 Å². The van der Waals surface area contributed by atoms with Crippen LogP contribution < -0.4 is 0 Å². The molecule has 0 aliphatic rings. The van der Waals surface area contributed by atoms with Gasteiger partial charge in [-0.05, 0) is 162 Å². The fourth-order valence-electron chi connectivity index (χ4n) is 11.5. The van der Waals surface area contributed by atoms with Crippen molar-refractivity contribution in [1.29, 1.82) is 0 Å². The molecule has 0 bridgehead atoms. The zero-order chi connectivity index (χ0) is 45.9. The van der Waals surface area contributed by atoms with Gasteiger partial charge in [0.25, 0.3) is 0 Å². The Bertz CT molecular complexity index is 4100. The van der Waals surface area contributed by atoms with Crippen LogP contribution in [0.2, 0.25) is 0 Å². The van der Waals surface area contributed by atoms with Gasteiger partial charge >= 0.3 is 0 Å². The maximum absolute atomic E-state index is 5.77. The molecule has 0 spiro atoms. The summed E-state index contributed by atoms with van der Waals surface area (Å²) in [6.45, 7) is 13.3. The molecule has 0 saturated heterocycles. The summed E-state index contributed by atoms with van der Waals surface area (Å²) < 4.78 is 5.19. The minimum absolute atomic E-state index is 0.850. The van der Waals surface area contributed by atoms with E-state index >= 15 is 0 Å².